The van der Waals surface area contributed by atoms with Crippen LogP contribution in [0, 0.1) is 0 Å². The molecule has 1 aromatic heterocycles. The van der Waals surface area contributed by atoms with Crippen molar-refractivity contribution < 1.29 is 17.9 Å². The van der Waals surface area contributed by atoms with Gasteiger partial charge in [0.1, 0.15) is 6.61 Å². The second-order valence-electron chi connectivity index (χ2n) is 9.10. The molecule has 3 rings (SSSR count). The zero-order chi connectivity index (χ0) is 23.4. The van der Waals surface area contributed by atoms with Gasteiger partial charge in [0.2, 0.25) is 10.0 Å². The average molecular weight is 471 g/mol. The number of alkyl carbamates (subject to hydrolysis) is 1. The number of nitrogens with one attached hydrogen (secondary N) is 1. The van der Waals surface area contributed by atoms with E-state index in [1.165, 1.54) is 3.97 Å². The molecule has 8 heteroatoms. The van der Waals surface area contributed by atoms with Gasteiger partial charge in [-0.05, 0) is 35.4 Å². The first-order valence-electron chi connectivity index (χ1n) is 10.5. The van der Waals surface area contributed by atoms with Crippen molar-refractivity contribution in [1.29, 1.82) is 0 Å². The Bertz CT molecular complexity index is 1210. The third kappa shape index (κ3) is 6.58. The monoisotopic (exact) mass is 470 g/mol. The molecule has 0 unspecified atom stereocenters. The number of carbonyl (C=O) groups excluding carboxylic acids is 1. The van der Waals surface area contributed by atoms with Gasteiger partial charge in [-0.1, -0.05) is 62.6 Å². The van der Waals surface area contributed by atoms with Gasteiger partial charge in [-0.25, -0.2) is 17.2 Å². The maximum absolute atomic E-state index is 12.8. The van der Waals surface area contributed by atoms with Crippen LogP contribution in [0.2, 0.25) is 25.7 Å². The van der Waals surface area contributed by atoms with Crippen molar-refractivity contribution in [3.8, 4) is 0 Å². The van der Waals surface area contributed by atoms with Crippen molar-refractivity contribution in [3.63, 3.8) is 0 Å². The maximum atomic E-state index is 12.8. The molecule has 0 aliphatic rings. The van der Waals surface area contributed by atoms with Crippen molar-refractivity contribution in [3.05, 3.63) is 84.2 Å². The van der Waals surface area contributed by atoms with Gasteiger partial charge in [0.05, 0.1) is 11.3 Å². The van der Waals surface area contributed by atoms with E-state index in [9.17, 15) is 13.2 Å². The molecule has 0 aliphatic heterocycles. The average Bonchev–Trinajstić information content (AvgIpc) is 3.15. The smallest absolute Gasteiger partial charge is 0.411 e. The van der Waals surface area contributed by atoms with Crippen LogP contribution in [0.1, 0.15) is 11.1 Å². The number of carbonyl (C=O) groups is 1. The molecule has 0 fully saturated rings. The van der Waals surface area contributed by atoms with Crippen LogP contribution < -0.4 is 5.32 Å². The molecule has 0 spiro atoms. The number of hydrogen-bond acceptors (Lipinski definition) is 4. The first kappa shape index (κ1) is 23.8. The van der Waals surface area contributed by atoms with Crippen LogP contribution in [-0.4, -0.2) is 32.3 Å². The summed E-state index contributed by atoms with van der Waals surface area (Å²) in [4.78, 5) is 12.0. The number of nitrogens with zero attached hydrogens (tertiary/aromatic N) is 1. The van der Waals surface area contributed by atoms with Crippen molar-refractivity contribution in [1.82, 2.24) is 9.29 Å². The second-order valence-corrected chi connectivity index (χ2v) is 16.7. The summed E-state index contributed by atoms with van der Waals surface area (Å²) < 4.78 is 32.2. The van der Waals surface area contributed by atoms with E-state index in [2.05, 4.69) is 31.5 Å². The normalized spacial score (nSPS) is 12.0. The summed E-state index contributed by atoms with van der Waals surface area (Å²) in [6.07, 6.45) is 1.48. The van der Waals surface area contributed by atoms with E-state index in [0.29, 0.717) is 17.6 Å². The zero-order valence-electron chi connectivity index (χ0n) is 18.8. The SMILES string of the molecule is C=C(Cc1ccc2c(ccn2S(=O)(=O)CC[Si](C)(C)C)c1)NC(=O)OCc1ccccc1. The van der Waals surface area contributed by atoms with E-state index in [1.807, 2.05) is 42.5 Å². The molecule has 0 atom stereocenters. The summed E-state index contributed by atoms with van der Waals surface area (Å²) in [6.45, 7) is 10.6. The second kappa shape index (κ2) is 9.75. The van der Waals surface area contributed by atoms with Crippen LogP contribution >= 0.6 is 0 Å². The van der Waals surface area contributed by atoms with E-state index in [-0.39, 0.29) is 12.4 Å². The number of allylic oxidation sites excluding steroid dienone is 1. The molecular formula is C24H30N2O4SSi. The van der Waals surface area contributed by atoms with Crippen LogP contribution in [0.15, 0.2) is 73.1 Å². The van der Waals surface area contributed by atoms with Crippen molar-refractivity contribution in [2.24, 2.45) is 0 Å². The Morgan fingerprint density at radius 2 is 1.78 bits per heavy atom. The minimum absolute atomic E-state index is 0.153. The van der Waals surface area contributed by atoms with Crippen LogP contribution in [0.25, 0.3) is 10.9 Å². The highest BCUT2D eigenvalue weighted by molar-refractivity contribution is 7.90. The van der Waals surface area contributed by atoms with Crippen molar-refractivity contribution in [2.75, 3.05) is 5.75 Å². The highest BCUT2D eigenvalue weighted by Gasteiger charge is 2.21. The first-order chi connectivity index (χ1) is 15.0. The third-order valence-electron chi connectivity index (χ3n) is 5.04. The Labute approximate surface area is 191 Å². The lowest BCUT2D eigenvalue weighted by molar-refractivity contribution is 0.142. The number of ether oxygens (including phenoxy) is 1. The van der Waals surface area contributed by atoms with Crippen LogP contribution in [-0.2, 0) is 27.8 Å². The van der Waals surface area contributed by atoms with Gasteiger partial charge in [-0.15, -0.1) is 0 Å². The van der Waals surface area contributed by atoms with E-state index in [4.69, 9.17) is 4.74 Å². The highest BCUT2D eigenvalue weighted by atomic mass is 32.2. The van der Waals surface area contributed by atoms with Crippen molar-refractivity contribution in [2.45, 2.75) is 38.7 Å². The largest absolute Gasteiger partial charge is 0.444 e. The van der Waals surface area contributed by atoms with E-state index < -0.39 is 24.2 Å². The molecule has 0 radical (unpaired) electrons. The van der Waals surface area contributed by atoms with Gasteiger partial charge < -0.3 is 4.74 Å². The number of aromatic nitrogens is 1. The molecule has 1 heterocycles. The topological polar surface area (TPSA) is 77.4 Å². The minimum Gasteiger partial charge on any atom is -0.444 e. The molecule has 32 heavy (non-hydrogen) atoms. The Hall–Kier alpha value is -2.84. The maximum Gasteiger partial charge on any atom is 0.411 e. The highest BCUT2D eigenvalue weighted by Crippen LogP contribution is 2.22. The van der Waals surface area contributed by atoms with Crippen LogP contribution in [0.4, 0.5) is 4.79 Å². The fourth-order valence-electron chi connectivity index (χ4n) is 3.25. The van der Waals surface area contributed by atoms with Gasteiger partial charge in [-0.2, -0.15) is 0 Å². The zero-order valence-corrected chi connectivity index (χ0v) is 20.6. The summed E-state index contributed by atoms with van der Waals surface area (Å²) in [5, 5.41) is 3.49. The number of fused-ring (bicyclic) bond motifs is 1. The molecule has 0 saturated carbocycles. The molecule has 3 aromatic rings. The molecule has 170 valence electrons. The fourth-order valence-corrected chi connectivity index (χ4v) is 7.64. The predicted molar refractivity (Wildman–Crippen MR) is 132 cm³/mol. The summed E-state index contributed by atoms with van der Waals surface area (Å²) in [5.41, 5.74) is 2.99. The lowest BCUT2D eigenvalue weighted by Crippen LogP contribution is -2.26. The molecule has 0 aliphatic carbocycles. The van der Waals surface area contributed by atoms with Gasteiger partial charge in [0.15, 0.2) is 0 Å². The molecule has 0 saturated heterocycles. The number of hydrogen-bond donors (Lipinski definition) is 1. The van der Waals surface area contributed by atoms with Gasteiger partial charge in [0, 0.05) is 31.8 Å². The number of rotatable bonds is 9. The Morgan fingerprint density at radius 3 is 2.47 bits per heavy atom. The lowest BCUT2D eigenvalue weighted by Gasteiger charge is -2.16. The Balaban J connectivity index is 1.61. The number of benzene rings is 2. The molecule has 2 aromatic carbocycles. The minimum atomic E-state index is -3.40. The molecular weight excluding hydrogens is 440 g/mol. The van der Waals surface area contributed by atoms with Crippen LogP contribution in [0.3, 0.4) is 0 Å². The van der Waals surface area contributed by atoms with Crippen LogP contribution in [0.5, 0.6) is 0 Å². The lowest BCUT2D eigenvalue weighted by atomic mass is 10.1. The molecule has 1 N–H and O–H groups in total. The van der Waals surface area contributed by atoms with Gasteiger partial charge in [0.25, 0.3) is 0 Å². The van der Waals surface area contributed by atoms with E-state index in [0.717, 1.165) is 22.6 Å². The fraction of sp³-hybridized carbons (Fsp3) is 0.292. The molecule has 0 bridgehead atoms. The Morgan fingerprint density at radius 1 is 1.06 bits per heavy atom. The summed E-state index contributed by atoms with van der Waals surface area (Å²) >= 11 is 0. The molecule has 6 nitrogen and oxygen atoms in total. The van der Waals surface area contributed by atoms with Gasteiger partial charge in [-0.3, -0.25) is 5.32 Å². The quantitative estimate of drug-likeness (QED) is 0.439. The third-order valence-corrected chi connectivity index (χ3v) is 8.79. The van der Waals surface area contributed by atoms with Gasteiger partial charge >= 0.3 is 6.09 Å². The standard InChI is InChI=1S/C24H30N2O4SSi/c1-19(25-24(27)30-18-20-8-6-5-7-9-20)16-21-10-11-23-22(17-21)12-13-26(23)31(28,29)14-15-32(2,3)4/h5-13,17H,1,14-16,18H2,2-4H3,(H,25,27). The summed E-state index contributed by atoms with van der Waals surface area (Å²) in [7, 11) is -4.86. The van der Waals surface area contributed by atoms with Crippen molar-refractivity contribution >= 4 is 35.1 Å². The van der Waals surface area contributed by atoms with E-state index >= 15 is 0 Å². The molecule has 1 amide bonds. The summed E-state index contributed by atoms with van der Waals surface area (Å²) in [5.74, 6) is 0.153. The Kier molecular flexibility index (Phi) is 7.25. The number of amides is 1. The van der Waals surface area contributed by atoms with E-state index in [1.54, 1.807) is 18.3 Å². The predicted octanol–water partition coefficient (Wildman–Crippen LogP) is 5.14. The first-order valence-corrected chi connectivity index (χ1v) is 15.8. The summed E-state index contributed by atoms with van der Waals surface area (Å²) in [6, 6.07) is 17.5.